The highest BCUT2D eigenvalue weighted by Gasteiger charge is 2.07. The topological polar surface area (TPSA) is 103 Å². The molecule has 152 valence electrons. The van der Waals surface area contributed by atoms with E-state index in [1.807, 2.05) is 12.1 Å². The summed E-state index contributed by atoms with van der Waals surface area (Å²) >= 11 is 0. The largest absolute Gasteiger partial charge is 0.494 e. The summed E-state index contributed by atoms with van der Waals surface area (Å²) in [5, 5.41) is 5.35. The molecule has 7 nitrogen and oxygen atoms in total. The van der Waals surface area contributed by atoms with E-state index in [1.165, 1.54) is 0 Å². The van der Waals surface area contributed by atoms with Gasteiger partial charge in [0.05, 0.1) is 18.7 Å². The van der Waals surface area contributed by atoms with E-state index in [0.29, 0.717) is 23.6 Å². The van der Waals surface area contributed by atoms with Crippen LogP contribution >= 0.6 is 0 Å². The van der Waals surface area contributed by atoms with Gasteiger partial charge in [-0.15, -0.1) is 0 Å². The third-order valence-corrected chi connectivity index (χ3v) is 3.79. The smallest absolute Gasteiger partial charge is 0.319 e. The van der Waals surface area contributed by atoms with Crippen molar-refractivity contribution >= 4 is 17.6 Å². The Kier molecular flexibility index (Phi) is 8.90. The Morgan fingerprint density at radius 2 is 1.79 bits per heavy atom. The molecular formula is C22H25N3O4. The quantitative estimate of drug-likeness (QED) is 0.448. The van der Waals surface area contributed by atoms with Crippen LogP contribution in [0.2, 0.25) is 0 Å². The van der Waals surface area contributed by atoms with Gasteiger partial charge in [-0.2, -0.15) is 0 Å². The van der Waals surface area contributed by atoms with E-state index < -0.39 is 5.91 Å². The fourth-order valence-electron chi connectivity index (χ4n) is 2.29. The molecule has 4 N–H and O–H groups in total. The van der Waals surface area contributed by atoms with Crippen LogP contribution in [0.25, 0.3) is 0 Å². The number of para-hydroxylation sites is 1. The molecule has 0 aliphatic carbocycles. The van der Waals surface area contributed by atoms with Gasteiger partial charge in [0.1, 0.15) is 18.1 Å². The molecule has 0 aromatic heterocycles. The summed E-state index contributed by atoms with van der Waals surface area (Å²) in [4.78, 5) is 23.2. The Labute approximate surface area is 170 Å². The first-order chi connectivity index (χ1) is 14.1. The highest BCUT2D eigenvalue weighted by molar-refractivity contribution is 5.95. The first-order valence-electron chi connectivity index (χ1n) is 9.35. The molecule has 3 amide bonds. The minimum absolute atomic E-state index is 0.0765. The van der Waals surface area contributed by atoms with Gasteiger partial charge in [0, 0.05) is 5.69 Å². The van der Waals surface area contributed by atoms with Crippen molar-refractivity contribution in [1.82, 2.24) is 5.32 Å². The van der Waals surface area contributed by atoms with Crippen LogP contribution in [0.3, 0.4) is 0 Å². The van der Waals surface area contributed by atoms with Crippen LogP contribution in [0.4, 0.5) is 10.5 Å². The molecule has 0 bridgehead atoms. The van der Waals surface area contributed by atoms with E-state index in [1.54, 1.807) is 36.4 Å². The zero-order valence-corrected chi connectivity index (χ0v) is 16.4. The van der Waals surface area contributed by atoms with Crippen molar-refractivity contribution in [2.24, 2.45) is 5.73 Å². The lowest BCUT2D eigenvalue weighted by atomic mass is 10.2. The molecule has 0 fully saturated rings. The van der Waals surface area contributed by atoms with Crippen molar-refractivity contribution in [3.8, 4) is 23.3 Å². The number of carbonyl (C=O) groups excluding carboxylic acids is 2. The number of rotatable bonds is 9. The lowest BCUT2D eigenvalue weighted by molar-refractivity contribution is 0.0997. The van der Waals surface area contributed by atoms with Crippen molar-refractivity contribution in [3.63, 3.8) is 0 Å². The highest BCUT2D eigenvalue weighted by Crippen LogP contribution is 2.17. The number of nitrogens with one attached hydrogen (secondary N) is 2. The maximum Gasteiger partial charge on any atom is 0.319 e. The van der Waals surface area contributed by atoms with Crippen LogP contribution in [0.15, 0.2) is 48.5 Å². The molecule has 0 aliphatic rings. The molecule has 0 saturated carbocycles. The molecule has 2 rings (SSSR count). The van der Waals surface area contributed by atoms with Crippen molar-refractivity contribution < 1.29 is 19.1 Å². The van der Waals surface area contributed by atoms with Gasteiger partial charge in [0.15, 0.2) is 0 Å². The number of amides is 3. The summed E-state index contributed by atoms with van der Waals surface area (Å²) in [6.07, 6.45) is 2.08. The Bertz CT molecular complexity index is 870. The highest BCUT2D eigenvalue weighted by atomic mass is 16.5. The Hall–Kier alpha value is -3.66. The molecular weight excluding hydrogens is 370 g/mol. The molecule has 29 heavy (non-hydrogen) atoms. The third kappa shape index (κ3) is 7.85. The number of nitrogens with two attached hydrogens (primary N) is 1. The van der Waals surface area contributed by atoms with Crippen molar-refractivity contribution in [3.05, 3.63) is 54.1 Å². The summed E-state index contributed by atoms with van der Waals surface area (Å²) in [6.45, 7) is 3.02. The lowest BCUT2D eigenvalue weighted by Gasteiger charge is -2.08. The minimum Gasteiger partial charge on any atom is -0.494 e. The van der Waals surface area contributed by atoms with Crippen LogP contribution in [0.5, 0.6) is 11.5 Å². The summed E-state index contributed by atoms with van der Waals surface area (Å²) < 4.78 is 11.0. The second-order valence-electron chi connectivity index (χ2n) is 6.04. The fraction of sp³-hybridized carbons (Fsp3) is 0.273. The molecule has 0 atom stereocenters. The molecule has 2 aromatic rings. The number of urea groups is 1. The standard InChI is InChI=1S/C22H25N3O4/c1-2-3-15-28-18-12-10-17(11-13-18)25-22(27)24-14-6-7-16-29-20-9-5-4-8-19(20)21(23)26/h4-5,8-13H,2-3,14-16H2,1H3,(H2,23,26)(H2,24,25,27). The van der Waals surface area contributed by atoms with Gasteiger partial charge >= 0.3 is 6.03 Å². The van der Waals surface area contributed by atoms with Crippen LogP contribution in [-0.4, -0.2) is 31.7 Å². The molecule has 7 heteroatoms. The Morgan fingerprint density at radius 3 is 2.52 bits per heavy atom. The average Bonchev–Trinajstić information content (AvgIpc) is 2.72. The molecule has 0 saturated heterocycles. The number of primary amides is 1. The van der Waals surface area contributed by atoms with Gasteiger partial charge in [0.25, 0.3) is 5.91 Å². The first kappa shape index (κ1) is 21.6. The van der Waals surface area contributed by atoms with Crippen molar-refractivity contribution in [2.45, 2.75) is 19.8 Å². The normalized spacial score (nSPS) is 9.69. The van der Waals surface area contributed by atoms with Gasteiger partial charge < -0.3 is 25.8 Å². The molecule has 0 aliphatic heterocycles. The van der Waals surface area contributed by atoms with Crippen molar-refractivity contribution in [2.75, 3.05) is 25.1 Å². The summed E-state index contributed by atoms with van der Waals surface area (Å²) in [5.74, 6) is 6.13. The van der Waals surface area contributed by atoms with E-state index in [4.69, 9.17) is 15.2 Å². The maximum atomic E-state index is 11.9. The van der Waals surface area contributed by atoms with Crippen molar-refractivity contribution in [1.29, 1.82) is 0 Å². The molecule has 0 spiro atoms. The van der Waals surface area contributed by atoms with Crippen LogP contribution < -0.4 is 25.8 Å². The lowest BCUT2D eigenvalue weighted by Crippen LogP contribution is -2.28. The maximum absolute atomic E-state index is 11.9. The van der Waals surface area contributed by atoms with E-state index in [-0.39, 0.29) is 19.2 Å². The number of anilines is 1. The monoisotopic (exact) mass is 395 g/mol. The Morgan fingerprint density at radius 1 is 1.03 bits per heavy atom. The van der Waals surface area contributed by atoms with E-state index in [0.717, 1.165) is 18.6 Å². The van der Waals surface area contributed by atoms with E-state index >= 15 is 0 Å². The van der Waals surface area contributed by atoms with Crippen LogP contribution in [0.1, 0.15) is 30.1 Å². The average molecular weight is 395 g/mol. The minimum atomic E-state index is -0.563. The zero-order valence-electron chi connectivity index (χ0n) is 16.4. The summed E-state index contributed by atoms with van der Waals surface area (Å²) in [5.41, 5.74) is 6.24. The van der Waals surface area contributed by atoms with E-state index in [2.05, 4.69) is 29.4 Å². The zero-order chi connectivity index (χ0) is 20.9. The van der Waals surface area contributed by atoms with Crippen LogP contribution in [-0.2, 0) is 0 Å². The predicted molar refractivity (Wildman–Crippen MR) is 112 cm³/mol. The fourth-order valence-corrected chi connectivity index (χ4v) is 2.29. The number of ether oxygens (including phenoxy) is 2. The SMILES string of the molecule is CCCCOc1ccc(NC(=O)NCC#CCOc2ccccc2C(N)=O)cc1. The summed E-state index contributed by atoms with van der Waals surface area (Å²) in [7, 11) is 0. The van der Waals surface area contributed by atoms with Gasteiger partial charge in [-0.25, -0.2) is 4.79 Å². The van der Waals surface area contributed by atoms with Gasteiger partial charge in [0.2, 0.25) is 0 Å². The molecule has 2 aromatic carbocycles. The summed E-state index contributed by atoms with van der Waals surface area (Å²) in [6, 6.07) is 13.5. The molecule has 0 radical (unpaired) electrons. The number of unbranched alkanes of at least 4 members (excludes halogenated alkanes) is 1. The van der Waals surface area contributed by atoms with Gasteiger partial charge in [-0.3, -0.25) is 4.79 Å². The second kappa shape index (κ2) is 11.9. The number of hydrogen-bond acceptors (Lipinski definition) is 4. The number of carbonyl (C=O) groups is 2. The molecule has 0 unspecified atom stereocenters. The number of benzene rings is 2. The van der Waals surface area contributed by atoms with Crippen LogP contribution in [0, 0.1) is 11.8 Å². The van der Waals surface area contributed by atoms with E-state index in [9.17, 15) is 9.59 Å². The van der Waals surface area contributed by atoms with Gasteiger partial charge in [-0.05, 0) is 42.8 Å². The predicted octanol–water partition coefficient (Wildman–Crippen LogP) is 3.17. The molecule has 0 heterocycles. The first-order valence-corrected chi connectivity index (χ1v) is 9.35. The number of hydrogen-bond donors (Lipinski definition) is 3. The van der Waals surface area contributed by atoms with Gasteiger partial charge in [-0.1, -0.05) is 37.3 Å². The third-order valence-electron chi connectivity index (χ3n) is 3.79. The second-order valence-corrected chi connectivity index (χ2v) is 6.04. The Balaban J connectivity index is 1.69.